The third kappa shape index (κ3) is 9.14. The van der Waals surface area contributed by atoms with Gasteiger partial charge in [0.1, 0.15) is 12.6 Å². The standard InChI is InChI=1S/C28H29N3O6/c32-16-6-11-27(34)36-25-19-21(8-4-14-30-25)18-23(24-10-2-1-3-13-29-24)22-9-5-15-31-26(20-22)37-28(35)12-7-17-33/h1-5,8-10,13-17,19-20,23,29-31H,6-7,11-12,18H2. The molecule has 0 aromatic rings. The van der Waals surface area contributed by atoms with Gasteiger partial charge in [-0.05, 0) is 41.9 Å². The molecule has 3 heterocycles. The maximum absolute atomic E-state index is 12.1. The van der Waals surface area contributed by atoms with Gasteiger partial charge in [-0.2, -0.15) is 0 Å². The van der Waals surface area contributed by atoms with Crippen LogP contribution in [0.4, 0.5) is 0 Å². The summed E-state index contributed by atoms with van der Waals surface area (Å²) in [5.41, 5.74) is 2.61. The van der Waals surface area contributed by atoms with Crippen LogP contribution in [0, 0.1) is 5.92 Å². The quantitative estimate of drug-likeness (QED) is 0.272. The van der Waals surface area contributed by atoms with Gasteiger partial charge in [0, 0.05) is 55.2 Å². The van der Waals surface area contributed by atoms with E-state index in [1.807, 2.05) is 54.8 Å². The summed E-state index contributed by atoms with van der Waals surface area (Å²) in [6, 6.07) is 0. The summed E-state index contributed by atoms with van der Waals surface area (Å²) in [5, 5.41) is 9.19. The van der Waals surface area contributed by atoms with Crippen molar-refractivity contribution in [1.82, 2.24) is 16.0 Å². The minimum Gasteiger partial charge on any atom is -0.410 e. The molecule has 0 aromatic heterocycles. The second kappa shape index (κ2) is 14.7. The molecule has 9 heteroatoms. The Balaban J connectivity index is 1.88. The number of hydrogen-bond donors (Lipinski definition) is 3. The molecule has 0 spiro atoms. The average molecular weight is 504 g/mol. The largest absolute Gasteiger partial charge is 0.410 e. The number of allylic oxidation sites excluding steroid dienone is 12. The summed E-state index contributed by atoms with van der Waals surface area (Å²) in [6.07, 6.45) is 25.8. The topological polar surface area (TPSA) is 123 Å². The number of ether oxygens (including phenoxy) is 2. The first-order valence-corrected chi connectivity index (χ1v) is 11.9. The lowest BCUT2D eigenvalue weighted by atomic mass is 9.87. The molecule has 3 aliphatic heterocycles. The highest BCUT2D eigenvalue weighted by molar-refractivity contribution is 5.74. The first-order valence-electron chi connectivity index (χ1n) is 11.9. The van der Waals surface area contributed by atoms with E-state index in [0.717, 1.165) is 16.8 Å². The van der Waals surface area contributed by atoms with Gasteiger partial charge in [-0.25, -0.2) is 0 Å². The summed E-state index contributed by atoms with van der Waals surface area (Å²) in [4.78, 5) is 45.3. The minimum atomic E-state index is -0.513. The Labute approximate surface area is 215 Å². The van der Waals surface area contributed by atoms with Gasteiger partial charge in [-0.1, -0.05) is 24.3 Å². The van der Waals surface area contributed by atoms with Crippen molar-refractivity contribution < 1.29 is 28.7 Å². The third-order valence-corrected chi connectivity index (χ3v) is 5.30. The molecule has 0 amide bonds. The van der Waals surface area contributed by atoms with E-state index < -0.39 is 11.9 Å². The van der Waals surface area contributed by atoms with Crippen molar-refractivity contribution in [3.05, 3.63) is 108 Å². The molecule has 1 atom stereocenters. The van der Waals surface area contributed by atoms with Crippen LogP contribution >= 0.6 is 0 Å². The van der Waals surface area contributed by atoms with Crippen molar-refractivity contribution in [3.63, 3.8) is 0 Å². The monoisotopic (exact) mass is 503 g/mol. The normalized spacial score (nSPS) is 16.9. The van der Waals surface area contributed by atoms with Crippen molar-refractivity contribution in [2.45, 2.75) is 32.1 Å². The molecule has 3 rings (SSSR count). The van der Waals surface area contributed by atoms with Gasteiger partial charge >= 0.3 is 11.9 Å². The van der Waals surface area contributed by atoms with Crippen LogP contribution in [0.3, 0.4) is 0 Å². The highest BCUT2D eigenvalue weighted by Crippen LogP contribution is 2.31. The number of carbonyl (C=O) groups is 4. The average Bonchev–Trinajstić information content (AvgIpc) is 3.38. The van der Waals surface area contributed by atoms with E-state index in [4.69, 9.17) is 9.47 Å². The Bertz CT molecular complexity index is 1160. The molecule has 0 bridgehead atoms. The molecule has 37 heavy (non-hydrogen) atoms. The molecule has 0 saturated carbocycles. The lowest BCUT2D eigenvalue weighted by molar-refractivity contribution is -0.141. The van der Waals surface area contributed by atoms with Gasteiger partial charge in [0.25, 0.3) is 0 Å². The highest BCUT2D eigenvalue weighted by Gasteiger charge is 2.22. The zero-order valence-corrected chi connectivity index (χ0v) is 20.2. The van der Waals surface area contributed by atoms with Gasteiger partial charge in [0.15, 0.2) is 0 Å². The predicted octanol–water partition coefficient (Wildman–Crippen LogP) is 3.36. The van der Waals surface area contributed by atoms with Crippen LogP contribution in [0.1, 0.15) is 32.1 Å². The van der Waals surface area contributed by atoms with Crippen LogP contribution in [0.25, 0.3) is 0 Å². The molecule has 0 fully saturated rings. The maximum Gasteiger partial charge on any atom is 0.312 e. The van der Waals surface area contributed by atoms with Crippen molar-refractivity contribution in [2.75, 3.05) is 0 Å². The van der Waals surface area contributed by atoms with Gasteiger partial charge < -0.3 is 35.0 Å². The Morgan fingerprint density at radius 1 is 0.730 bits per heavy atom. The van der Waals surface area contributed by atoms with E-state index in [1.54, 1.807) is 24.6 Å². The van der Waals surface area contributed by atoms with Crippen LogP contribution in [0.15, 0.2) is 108 Å². The van der Waals surface area contributed by atoms with Crippen molar-refractivity contribution >= 4 is 24.5 Å². The molecule has 0 aliphatic carbocycles. The summed E-state index contributed by atoms with van der Waals surface area (Å²) in [6.45, 7) is 0. The molecule has 0 radical (unpaired) electrons. The molecule has 192 valence electrons. The number of nitrogens with one attached hydrogen (secondary N) is 3. The van der Waals surface area contributed by atoms with Gasteiger partial charge in [-0.15, -0.1) is 0 Å². The maximum atomic E-state index is 12.1. The lowest BCUT2D eigenvalue weighted by Crippen LogP contribution is -2.19. The first-order chi connectivity index (χ1) is 18.1. The fraction of sp³-hybridized carbons (Fsp3) is 0.214. The Hall–Kier alpha value is -4.66. The van der Waals surface area contributed by atoms with E-state index in [2.05, 4.69) is 16.0 Å². The van der Waals surface area contributed by atoms with Gasteiger partial charge in [0.2, 0.25) is 11.8 Å². The van der Waals surface area contributed by atoms with Crippen LogP contribution in [0.2, 0.25) is 0 Å². The SMILES string of the molecule is O=CCCC(=O)OC1=CC(CC(C2=CC=CNC(OC(=O)CCC=O)=C2)C2=CC=CC=CN2)=CC=CN1. The number of esters is 2. The van der Waals surface area contributed by atoms with Crippen LogP contribution in [0.5, 0.6) is 0 Å². The van der Waals surface area contributed by atoms with E-state index in [1.165, 1.54) is 0 Å². The molecular weight excluding hydrogens is 474 g/mol. The third-order valence-electron chi connectivity index (χ3n) is 5.30. The fourth-order valence-corrected chi connectivity index (χ4v) is 3.58. The second-order valence-corrected chi connectivity index (χ2v) is 8.06. The number of aldehydes is 2. The van der Waals surface area contributed by atoms with E-state index >= 15 is 0 Å². The van der Waals surface area contributed by atoms with Gasteiger partial charge in [0.05, 0.1) is 12.8 Å². The zero-order chi connectivity index (χ0) is 26.3. The molecule has 0 saturated heterocycles. The second-order valence-electron chi connectivity index (χ2n) is 8.06. The van der Waals surface area contributed by atoms with E-state index in [9.17, 15) is 19.2 Å². The number of carbonyl (C=O) groups excluding carboxylic acids is 4. The minimum absolute atomic E-state index is 0.00522. The molecule has 3 N–H and O–H groups in total. The smallest absolute Gasteiger partial charge is 0.312 e. The lowest BCUT2D eigenvalue weighted by Gasteiger charge is -2.23. The Morgan fingerprint density at radius 2 is 1.35 bits per heavy atom. The van der Waals surface area contributed by atoms with Crippen molar-refractivity contribution in [2.24, 2.45) is 5.92 Å². The molecule has 9 nitrogen and oxygen atoms in total. The highest BCUT2D eigenvalue weighted by atomic mass is 16.6. The zero-order valence-electron chi connectivity index (χ0n) is 20.2. The van der Waals surface area contributed by atoms with Crippen molar-refractivity contribution in [1.29, 1.82) is 0 Å². The van der Waals surface area contributed by atoms with E-state index in [0.29, 0.717) is 19.0 Å². The van der Waals surface area contributed by atoms with Crippen LogP contribution in [-0.4, -0.2) is 24.5 Å². The van der Waals surface area contributed by atoms with Crippen LogP contribution < -0.4 is 16.0 Å². The fourth-order valence-electron chi connectivity index (χ4n) is 3.58. The summed E-state index contributed by atoms with van der Waals surface area (Å²) >= 11 is 0. The summed E-state index contributed by atoms with van der Waals surface area (Å²) in [7, 11) is 0. The predicted molar refractivity (Wildman–Crippen MR) is 137 cm³/mol. The van der Waals surface area contributed by atoms with Crippen LogP contribution in [-0.2, 0) is 28.7 Å². The Morgan fingerprint density at radius 3 is 2.03 bits per heavy atom. The first kappa shape index (κ1) is 26.9. The molecule has 1 unspecified atom stereocenters. The number of rotatable bonds is 12. The van der Waals surface area contributed by atoms with E-state index in [-0.39, 0.29) is 43.4 Å². The number of hydrogen-bond acceptors (Lipinski definition) is 9. The van der Waals surface area contributed by atoms with Crippen molar-refractivity contribution in [3.8, 4) is 0 Å². The van der Waals surface area contributed by atoms with Gasteiger partial charge in [-0.3, -0.25) is 9.59 Å². The molecule has 3 aliphatic rings. The molecule has 0 aromatic carbocycles. The molecular formula is C28H29N3O6. The summed E-state index contributed by atoms with van der Waals surface area (Å²) < 4.78 is 10.8. The Kier molecular flexibility index (Phi) is 10.7. The summed E-state index contributed by atoms with van der Waals surface area (Å²) in [5.74, 6) is -0.720.